The van der Waals surface area contributed by atoms with Gasteiger partial charge in [0.25, 0.3) is 0 Å². The van der Waals surface area contributed by atoms with Crippen LogP contribution >= 0.6 is 0 Å². The summed E-state index contributed by atoms with van der Waals surface area (Å²) in [5.41, 5.74) is 4.86. The molecule has 0 radical (unpaired) electrons. The minimum atomic E-state index is -3.72. The first-order chi connectivity index (χ1) is 15.9. The Morgan fingerprint density at radius 1 is 1.09 bits per heavy atom. The molecule has 3 aromatic carbocycles. The monoisotopic (exact) mass is 459 g/mol. The number of aryl methyl sites for hydroxylation is 1. The van der Waals surface area contributed by atoms with Crippen molar-refractivity contribution >= 4 is 15.7 Å². The standard InChI is InChI=1S/C26H25N3O3S/c1-17-5-2-3-8-25(17)33(31,32)29-12-11-21-24(16-30)28-23-10-9-20(14-22(23)26(21)29)19-7-4-6-18(13-19)15-27/h2-10,13-14,21,24,26,28,30H,11-12,16H2,1H3/t21-,24-,26-/m1/s1. The summed E-state index contributed by atoms with van der Waals surface area (Å²) < 4.78 is 29.1. The lowest BCUT2D eigenvalue weighted by atomic mass is 9.82. The van der Waals surface area contributed by atoms with Crippen molar-refractivity contribution in [1.29, 1.82) is 5.26 Å². The SMILES string of the molecule is Cc1ccccc1S(=O)(=O)N1CC[C@@H]2[C@@H](CO)Nc3ccc(-c4cccc(C#N)c4)cc3[C@@H]21. The first-order valence-corrected chi connectivity index (χ1v) is 12.5. The Kier molecular flexibility index (Phi) is 5.45. The summed E-state index contributed by atoms with van der Waals surface area (Å²) in [6.45, 7) is 2.15. The highest BCUT2D eigenvalue weighted by molar-refractivity contribution is 7.89. The van der Waals surface area contributed by atoms with Gasteiger partial charge in [-0.15, -0.1) is 0 Å². The van der Waals surface area contributed by atoms with Crippen molar-refractivity contribution in [3.63, 3.8) is 0 Å². The second-order valence-corrected chi connectivity index (χ2v) is 10.6. The zero-order valence-corrected chi connectivity index (χ0v) is 19.1. The van der Waals surface area contributed by atoms with Gasteiger partial charge in [-0.1, -0.05) is 36.4 Å². The molecule has 1 saturated heterocycles. The highest BCUT2D eigenvalue weighted by Crippen LogP contribution is 2.49. The largest absolute Gasteiger partial charge is 0.394 e. The molecule has 0 unspecified atom stereocenters. The molecule has 2 aliphatic rings. The minimum Gasteiger partial charge on any atom is -0.394 e. The van der Waals surface area contributed by atoms with E-state index >= 15 is 0 Å². The molecule has 3 atom stereocenters. The lowest BCUT2D eigenvalue weighted by molar-refractivity contribution is 0.210. The number of nitriles is 1. The predicted molar refractivity (Wildman–Crippen MR) is 127 cm³/mol. The van der Waals surface area contributed by atoms with E-state index in [4.69, 9.17) is 0 Å². The fourth-order valence-corrected chi connectivity index (χ4v) is 7.10. The number of nitrogens with one attached hydrogen (secondary N) is 1. The van der Waals surface area contributed by atoms with Crippen LogP contribution in [0, 0.1) is 24.2 Å². The summed E-state index contributed by atoms with van der Waals surface area (Å²) in [5, 5.41) is 22.7. The number of nitrogens with zero attached hydrogens (tertiary/aromatic N) is 2. The van der Waals surface area contributed by atoms with Gasteiger partial charge in [0.2, 0.25) is 10.0 Å². The van der Waals surface area contributed by atoms with Crippen molar-refractivity contribution < 1.29 is 13.5 Å². The first-order valence-electron chi connectivity index (χ1n) is 11.0. The smallest absolute Gasteiger partial charge is 0.243 e. The van der Waals surface area contributed by atoms with Crippen molar-refractivity contribution in [2.24, 2.45) is 5.92 Å². The molecule has 0 spiro atoms. The number of aliphatic hydroxyl groups excluding tert-OH is 1. The van der Waals surface area contributed by atoms with Crippen LogP contribution in [0.3, 0.4) is 0 Å². The third kappa shape index (κ3) is 3.61. The van der Waals surface area contributed by atoms with Crippen LogP contribution in [0.2, 0.25) is 0 Å². The Morgan fingerprint density at radius 2 is 1.88 bits per heavy atom. The van der Waals surface area contributed by atoms with Gasteiger partial charge in [-0.2, -0.15) is 9.57 Å². The van der Waals surface area contributed by atoms with Gasteiger partial charge in [-0.3, -0.25) is 0 Å². The summed E-state index contributed by atoms with van der Waals surface area (Å²) in [7, 11) is -3.72. The van der Waals surface area contributed by atoms with Gasteiger partial charge < -0.3 is 10.4 Å². The highest BCUT2D eigenvalue weighted by Gasteiger charge is 2.48. The van der Waals surface area contributed by atoms with Crippen LogP contribution in [-0.4, -0.2) is 37.0 Å². The van der Waals surface area contributed by atoms with Crippen LogP contribution in [0.1, 0.15) is 29.2 Å². The Bertz CT molecular complexity index is 1360. The number of hydrogen-bond donors (Lipinski definition) is 2. The normalized spacial score (nSPS) is 22.2. The van der Waals surface area contributed by atoms with Crippen molar-refractivity contribution in [2.75, 3.05) is 18.5 Å². The molecule has 0 bridgehead atoms. The van der Waals surface area contributed by atoms with E-state index in [1.165, 1.54) is 0 Å². The van der Waals surface area contributed by atoms with Crippen molar-refractivity contribution in [2.45, 2.75) is 30.3 Å². The van der Waals surface area contributed by atoms with Crippen LogP contribution in [0.5, 0.6) is 0 Å². The van der Waals surface area contributed by atoms with E-state index in [1.807, 2.05) is 55.5 Å². The van der Waals surface area contributed by atoms with Gasteiger partial charge in [-0.25, -0.2) is 8.42 Å². The van der Waals surface area contributed by atoms with E-state index < -0.39 is 10.0 Å². The zero-order valence-electron chi connectivity index (χ0n) is 18.3. The molecule has 0 saturated carbocycles. The molecule has 2 N–H and O–H groups in total. The molecular formula is C26H25N3O3S. The number of sulfonamides is 1. The third-order valence-corrected chi connectivity index (χ3v) is 8.87. The van der Waals surface area contributed by atoms with Gasteiger partial charge in [0, 0.05) is 18.2 Å². The molecule has 7 heteroatoms. The quantitative estimate of drug-likeness (QED) is 0.613. The highest BCUT2D eigenvalue weighted by atomic mass is 32.2. The summed E-state index contributed by atoms with van der Waals surface area (Å²) in [6, 6.07) is 22.0. The van der Waals surface area contributed by atoms with Crippen LogP contribution in [-0.2, 0) is 10.0 Å². The van der Waals surface area contributed by atoms with Crippen LogP contribution in [0.25, 0.3) is 11.1 Å². The molecule has 5 rings (SSSR count). The molecule has 33 heavy (non-hydrogen) atoms. The van der Waals surface area contributed by atoms with Gasteiger partial charge in [-0.05, 0) is 65.9 Å². The second kappa shape index (κ2) is 8.31. The lowest BCUT2D eigenvalue weighted by Crippen LogP contribution is -2.42. The Hall–Kier alpha value is -3.18. The van der Waals surface area contributed by atoms with Crippen LogP contribution in [0.4, 0.5) is 5.69 Å². The minimum absolute atomic E-state index is 0.0398. The summed E-state index contributed by atoms with van der Waals surface area (Å²) in [5.74, 6) is -0.0398. The van der Waals surface area contributed by atoms with Gasteiger partial charge >= 0.3 is 0 Å². The summed E-state index contributed by atoms with van der Waals surface area (Å²) in [6.07, 6.45) is 0.668. The molecule has 168 valence electrons. The molecular weight excluding hydrogens is 434 g/mol. The second-order valence-electron chi connectivity index (χ2n) is 8.71. The fraction of sp³-hybridized carbons (Fsp3) is 0.269. The van der Waals surface area contributed by atoms with Crippen molar-refractivity contribution in [1.82, 2.24) is 4.31 Å². The number of rotatable bonds is 4. The van der Waals surface area contributed by atoms with Gasteiger partial charge in [0.05, 0.1) is 35.2 Å². The molecule has 2 heterocycles. The zero-order chi connectivity index (χ0) is 23.2. The molecule has 0 amide bonds. The summed E-state index contributed by atoms with van der Waals surface area (Å²) >= 11 is 0. The summed E-state index contributed by atoms with van der Waals surface area (Å²) in [4.78, 5) is 0.323. The van der Waals surface area contributed by atoms with E-state index in [9.17, 15) is 18.8 Å². The van der Waals surface area contributed by atoms with Gasteiger partial charge in [0.1, 0.15) is 0 Å². The van der Waals surface area contributed by atoms with Crippen molar-refractivity contribution in [3.8, 4) is 17.2 Å². The molecule has 1 fully saturated rings. The molecule has 2 aliphatic heterocycles. The van der Waals surface area contributed by atoms with E-state index in [2.05, 4.69) is 11.4 Å². The van der Waals surface area contributed by atoms with Crippen LogP contribution in [0.15, 0.2) is 71.6 Å². The number of aliphatic hydroxyl groups is 1. The fourth-order valence-electron chi connectivity index (χ4n) is 5.21. The number of anilines is 1. The number of benzene rings is 3. The Labute approximate surface area is 194 Å². The third-order valence-electron chi connectivity index (χ3n) is 6.83. The average Bonchev–Trinajstić information content (AvgIpc) is 3.30. The molecule has 3 aromatic rings. The lowest BCUT2D eigenvalue weighted by Gasteiger charge is -2.39. The number of fused-ring (bicyclic) bond motifs is 3. The van der Waals surface area contributed by atoms with E-state index in [-0.39, 0.29) is 24.6 Å². The Morgan fingerprint density at radius 3 is 2.64 bits per heavy atom. The molecule has 0 aliphatic carbocycles. The van der Waals surface area contributed by atoms with E-state index in [1.54, 1.807) is 22.5 Å². The van der Waals surface area contributed by atoms with E-state index in [0.29, 0.717) is 23.4 Å². The first kappa shape index (κ1) is 21.7. The van der Waals surface area contributed by atoms with Crippen LogP contribution < -0.4 is 5.32 Å². The van der Waals surface area contributed by atoms with Crippen molar-refractivity contribution in [3.05, 3.63) is 83.4 Å². The topological polar surface area (TPSA) is 93.4 Å². The Balaban J connectivity index is 1.63. The maximum atomic E-state index is 13.8. The molecule has 6 nitrogen and oxygen atoms in total. The molecule has 0 aromatic heterocycles. The van der Waals surface area contributed by atoms with E-state index in [0.717, 1.165) is 27.9 Å². The van der Waals surface area contributed by atoms with Gasteiger partial charge in [0.15, 0.2) is 0 Å². The average molecular weight is 460 g/mol. The predicted octanol–water partition coefficient (Wildman–Crippen LogP) is 4.07. The maximum Gasteiger partial charge on any atom is 0.243 e. The number of hydrogen-bond acceptors (Lipinski definition) is 5. The maximum absolute atomic E-state index is 13.8.